The van der Waals surface area contributed by atoms with Crippen LogP contribution in [0.3, 0.4) is 0 Å². The molecule has 22 heavy (non-hydrogen) atoms. The zero-order valence-electron chi connectivity index (χ0n) is 13.6. The summed E-state index contributed by atoms with van der Waals surface area (Å²) in [5, 5.41) is 3.36. The van der Waals surface area contributed by atoms with Crippen LogP contribution in [0.1, 0.15) is 63.5 Å². The Labute approximate surface area is 134 Å². The molecule has 1 N–H and O–H groups in total. The van der Waals surface area contributed by atoms with E-state index in [1.54, 1.807) is 0 Å². The molecule has 3 heteroatoms. The fourth-order valence-corrected chi connectivity index (χ4v) is 4.04. The van der Waals surface area contributed by atoms with Gasteiger partial charge in [-0.2, -0.15) is 0 Å². The van der Waals surface area contributed by atoms with Crippen LogP contribution in [0.15, 0.2) is 30.3 Å². The molecule has 1 saturated carbocycles. The van der Waals surface area contributed by atoms with Gasteiger partial charge < -0.3 is 10.2 Å². The standard InChI is InChI=1S/C19H28N2O/c1-15-9-7-8-14-21(15)19(22)20-18(17-12-5-6-13-17)16-10-3-2-4-11-16/h2-4,10-11,15,17-18H,5-9,12-14H2,1H3,(H,20,22). The van der Waals surface area contributed by atoms with Crippen LogP contribution in [0, 0.1) is 5.92 Å². The van der Waals surface area contributed by atoms with Gasteiger partial charge in [0, 0.05) is 12.6 Å². The second-order valence-corrected chi connectivity index (χ2v) is 6.92. The number of hydrogen-bond donors (Lipinski definition) is 1. The average molecular weight is 300 g/mol. The molecule has 0 spiro atoms. The van der Waals surface area contributed by atoms with Gasteiger partial charge in [-0.15, -0.1) is 0 Å². The SMILES string of the molecule is CC1CCCCN1C(=O)NC(c1ccccc1)C1CCCC1. The highest BCUT2D eigenvalue weighted by Crippen LogP contribution is 2.36. The van der Waals surface area contributed by atoms with E-state index in [-0.39, 0.29) is 12.1 Å². The van der Waals surface area contributed by atoms with Crippen molar-refractivity contribution in [3.8, 4) is 0 Å². The van der Waals surface area contributed by atoms with E-state index < -0.39 is 0 Å². The van der Waals surface area contributed by atoms with E-state index in [2.05, 4.69) is 36.5 Å². The summed E-state index contributed by atoms with van der Waals surface area (Å²) in [4.78, 5) is 14.8. The second kappa shape index (κ2) is 7.17. The minimum Gasteiger partial charge on any atom is -0.331 e. The predicted molar refractivity (Wildman–Crippen MR) is 89.7 cm³/mol. The van der Waals surface area contributed by atoms with Crippen molar-refractivity contribution in [3.05, 3.63) is 35.9 Å². The maximum absolute atomic E-state index is 12.8. The van der Waals surface area contributed by atoms with Crippen LogP contribution in [0.4, 0.5) is 4.79 Å². The third kappa shape index (κ3) is 3.45. The Bertz CT molecular complexity index is 481. The lowest BCUT2D eigenvalue weighted by Crippen LogP contribution is -2.49. The van der Waals surface area contributed by atoms with Gasteiger partial charge in [-0.25, -0.2) is 4.79 Å². The maximum atomic E-state index is 12.8. The quantitative estimate of drug-likeness (QED) is 0.875. The van der Waals surface area contributed by atoms with Crippen molar-refractivity contribution in [1.82, 2.24) is 10.2 Å². The summed E-state index contributed by atoms with van der Waals surface area (Å²) in [6.07, 6.45) is 8.57. The topological polar surface area (TPSA) is 32.3 Å². The van der Waals surface area contributed by atoms with Crippen molar-refractivity contribution < 1.29 is 4.79 Å². The number of rotatable bonds is 3. The van der Waals surface area contributed by atoms with Gasteiger partial charge in [-0.05, 0) is 50.5 Å². The number of hydrogen-bond acceptors (Lipinski definition) is 1. The second-order valence-electron chi connectivity index (χ2n) is 6.92. The van der Waals surface area contributed by atoms with E-state index in [0.717, 1.165) is 19.4 Å². The molecule has 2 unspecified atom stereocenters. The zero-order valence-corrected chi connectivity index (χ0v) is 13.6. The van der Waals surface area contributed by atoms with Crippen molar-refractivity contribution in [1.29, 1.82) is 0 Å². The lowest BCUT2D eigenvalue weighted by Gasteiger charge is -2.36. The molecule has 1 heterocycles. The smallest absolute Gasteiger partial charge is 0.318 e. The summed E-state index contributed by atoms with van der Waals surface area (Å²) >= 11 is 0. The van der Waals surface area contributed by atoms with Gasteiger partial charge in [0.1, 0.15) is 0 Å². The Morgan fingerprint density at radius 3 is 2.45 bits per heavy atom. The van der Waals surface area contributed by atoms with E-state index >= 15 is 0 Å². The molecule has 1 aliphatic carbocycles. The van der Waals surface area contributed by atoms with Crippen molar-refractivity contribution in [2.75, 3.05) is 6.54 Å². The first-order valence-corrected chi connectivity index (χ1v) is 8.88. The molecule has 2 atom stereocenters. The molecule has 1 aliphatic heterocycles. The number of nitrogens with one attached hydrogen (secondary N) is 1. The first-order valence-electron chi connectivity index (χ1n) is 8.88. The number of urea groups is 1. The highest BCUT2D eigenvalue weighted by atomic mass is 16.2. The van der Waals surface area contributed by atoms with Gasteiger partial charge in [0.25, 0.3) is 0 Å². The number of carbonyl (C=O) groups is 1. The van der Waals surface area contributed by atoms with Crippen molar-refractivity contribution >= 4 is 6.03 Å². The fourth-order valence-electron chi connectivity index (χ4n) is 4.04. The third-order valence-corrected chi connectivity index (χ3v) is 5.37. The van der Waals surface area contributed by atoms with Crippen LogP contribution in [-0.4, -0.2) is 23.5 Å². The van der Waals surface area contributed by atoms with Gasteiger partial charge in [0.05, 0.1) is 6.04 Å². The zero-order chi connectivity index (χ0) is 15.4. The first kappa shape index (κ1) is 15.4. The Balaban J connectivity index is 1.73. The number of nitrogens with zero attached hydrogens (tertiary/aromatic N) is 1. The predicted octanol–water partition coefficient (Wildman–Crippen LogP) is 4.50. The number of benzene rings is 1. The number of piperidine rings is 1. The van der Waals surface area contributed by atoms with Crippen LogP contribution in [0.5, 0.6) is 0 Å². The molecule has 0 aromatic heterocycles. The third-order valence-electron chi connectivity index (χ3n) is 5.37. The van der Waals surface area contributed by atoms with E-state index in [9.17, 15) is 4.79 Å². The van der Waals surface area contributed by atoms with Crippen LogP contribution >= 0.6 is 0 Å². The summed E-state index contributed by atoms with van der Waals surface area (Å²) in [6.45, 7) is 3.07. The Hall–Kier alpha value is -1.51. The highest BCUT2D eigenvalue weighted by molar-refractivity contribution is 5.75. The molecule has 1 aromatic carbocycles. The van der Waals surface area contributed by atoms with Gasteiger partial charge in [-0.1, -0.05) is 43.2 Å². The van der Waals surface area contributed by atoms with Crippen LogP contribution in [0.25, 0.3) is 0 Å². The van der Waals surface area contributed by atoms with Crippen molar-refractivity contribution in [3.63, 3.8) is 0 Å². The molecule has 0 radical (unpaired) electrons. The van der Waals surface area contributed by atoms with E-state index in [1.807, 2.05) is 11.0 Å². The van der Waals surface area contributed by atoms with Crippen molar-refractivity contribution in [2.45, 2.75) is 64.0 Å². The molecule has 3 nitrogen and oxygen atoms in total. The molecule has 2 fully saturated rings. The molecule has 2 aliphatic rings. The Morgan fingerprint density at radius 2 is 1.77 bits per heavy atom. The molecular weight excluding hydrogens is 272 g/mol. The summed E-state index contributed by atoms with van der Waals surface area (Å²) in [5.74, 6) is 0.589. The first-order chi connectivity index (χ1) is 10.8. The molecule has 1 aromatic rings. The van der Waals surface area contributed by atoms with Gasteiger partial charge in [0.2, 0.25) is 0 Å². The number of amides is 2. The number of likely N-dealkylation sites (tertiary alicyclic amines) is 1. The molecule has 120 valence electrons. The van der Waals surface area contributed by atoms with Crippen LogP contribution in [-0.2, 0) is 0 Å². The van der Waals surface area contributed by atoms with Gasteiger partial charge in [-0.3, -0.25) is 0 Å². The van der Waals surface area contributed by atoms with E-state index in [1.165, 1.54) is 37.7 Å². The molecule has 1 saturated heterocycles. The molecule has 0 bridgehead atoms. The van der Waals surface area contributed by atoms with E-state index in [4.69, 9.17) is 0 Å². The Kier molecular flexibility index (Phi) is 5.01. The lowest BCUT2D eigenvalue weighted by atomic mass is 9.91. The van der Waals surface area contributed by atoms with Crippen molar-refractivity contribution in [2.24, 2.45) is 5.92 Å². The normalized spacial score (nSPS) is 24.2. The minimum absolute atomic E-state index is 0.132. The molecule has 3 rings (SSSR count). The maximum Gasteiger partial charge on any atom is 0.318 e. The monoisotopic (exact) mass is 300 g/mol. The largest absolute Gasteiger partial charge is 0.331 e. The summed E-state index contributed by atoms with van der Waals surface area (Å²) in [7, 11) is 0. The lowest BCUT2D eigenvalue weighted by molar-refractivity contribution is 0.151. The van der Waals surface area contributed by atoms with Crippen LogP contribution in [0.2, 0.25) is 0 Å². The van der Waals surface area contributed by atoms with Crippen LogP contribution < -0.4 is 5.32 Å². The van der Waals surface area contributed by atoms with Gasteiger partial charge >= 0.3 is 6.03 Å². The Morgan fingerprint density at radius 1 is 1.09 bits per heavy atom. The highest BCUT2D eigenvalue weighted by Gasteiger charge is 2.30. The van der Waals surface area contributed by atoms with Gasteiger partial charge in [0.15, 0.2) is 0 Å². The summed E-state index contributed by atoms with van der Waals surface area (Å²) < 4.78 is 0. The fraction of sp³-hybridized carbons (Fsp3) is 0.632. The van der Waals surface area contributed by atoms with E-state index in [0.29, 0.717) is 12.0 Å². The molecular formula is C19H28N2O. The minimum atomic E-state index is 0.132. The summed E-state index contributed by atoms with van der Waals surface area (Å²) in [6, 6.07) is 11.2. The molecule has 2 amide bonds. The summed E-state index contributed by atoms with van der Waals surface area (Å²) in [5.41, 5.74) is 1.26. The number of carbonyl (C=O) groups excluding carboxylic acids is 1. The average Bonchev–Trinajstić information content (AvgIpc) is 3.08.